The number of hydrogen-bond acceptors (Lipinski definition) is 5. The van der Waals surface area contributed by atoms with Crippen LogP contribution in [0.4, 0.5) is 0 Å². The highest BCUT2D eigenvalue weighted by atomic mass is 16.7. The molecule has 2 saturated heterocycles. The smallest absolute Gasteiger partial charge is 0.254 e. The number of nitrogens with one attached hydrogen (secondary N) is 1. The Morgan fingerprint density at radius 2 is 1.86 bits per heavy atom. The normalized spacial score (nSPS) is 22.2. The number of fused-ring (bicyclic) bond motifs is 1. The van der Waals surface area contributed by atoms with E-state index in [1.807, 2.05) is 17.0 Å². The lowest BCUT2D eigenvalue weighted by Crippen LogP contribution is -2.62. The molecule has 1 aromatic carbocycles. The third-order valence-corrected chi connectivity index (χ3v) is 4.50. The van der Waals surface area contributed by atoms with Crippen LogP contribution in [0.2, 0.25) is 0 Å². The second kappa shape index (κ2) is 5.20. The van der Waals surface area contributed by atoms with Crippen LogP contribution in [-0.4, -0.2) is 67.8 Å². The van der Waals surface area contributed by atoms with Crippen molar-refractivity contribution in [1.82, 2.24) is 15.1 Å². The highest BCUT2D eigenvalue weighted by Crippen LogP contribution is 2.32. The summed E-state index contributed by atoms with van der Waals surface area (Å²) in [6, 6.07) is 6.07. The molecule has 0 aliphatic carbocycles. The minimum Gasteiger partial charge on any atom is -0.454 e. The van der Waals surface area contributed by atoms with E-state index in [1.165, 1.54) is 0 Å². The lowest BCUT2D eigenvalue weighted by Gasteiger charge is -2.43. The Hall–Kier alpha value is -1.79. The van der Waals surface area contributed by atoms with Gasteiger partial charge in [0.1, 0.15) is 0 Å². The quantitative estimate of drug-likeness (QED) is 0.839. The minimum atomic E-state index is 0.0830. The van der Waals surface area contributed by atoms with Crippen molar-refractivity contribution < 1.29 is 14.3 Å². The number of nitrogens with zero attached hydrogens (tertiary/aromatic N) is 2. The molecule has 0 bridgehead atoms. The van der Waals surface area contributed by atoms with Crippen molar-refractivity contribution >= 4 is 5.91 Å². The van der Waals surface area contributed by atoms with Crippen molar-refractivity contribution in [3.8, 4) is 11.5 Å². The average molecular weight is 289 g/mol. The summed E-state index contributed by atoms with van der Waals surface area (Å²) in [5, 5.41) is 3.29. The first-order valence-electron chi connectivity index (χ1n) is 7.45. The van der Waals surface area contributed by atoms with Gasteiger partial charge >= 0.3 is 0 Å². The molecule has 112 valence electrons. The van der Waals surface area contributed by atoms with Gasteiger partial charge in [-0.25, -0.2) is 0 Å². The van der Waals surface area contributed by atoms with E-state index in [2.05, 4.69) is 10.2 Å². The summed E-state index contributed by atoms with van der Waals surface area (Å²) in [4.78, 5) is 17.0. The number of ether oxygens (including phenoxy) is 2. The van der Waals surface area contributed by atoms with E-state index < -0.39 is 0 Å². The molecule has 0 spiro atoms. The van der Waals surface area contributed by atoms with Gasteiger partial charge in [-0.3, -0.25) is 9.69 Å². The molecule has 0 unspecified atom stereocenters. The molecule has 6 heteroatoms. The van der Waals surface area contributed by atoms with Gasteiger partial charge in [0, 0.05) is 50.9 Å². The lowest BCUT2D eigenvalue weighted by molar-refractivity contribution is 0.0502. The molecule has 0 saturated carbocycles. The Bertz CT molecular complexity index is 551. The minimum absolute atomic E-state index is 0.0830. The van der Waals surface area contributed by atoms with Crippen molar-refractivity contribution in [1.29, 1.82) is 0 Å². The first-order chi connectivity index (χ1) is 10.3. The van der Waals surface area contributed by atoms with Gasteiger partial charge in [0.2, 0.25) is 6.79 Å². The molecular weight excluding hydrogens is 270 g/mol. The first-order valence-corrected chi connectivity index (χ1v) is 7.45. The number of benzene rings is 1. The summed E-state index contributed by atoms with van der Waals surface area (Å²) in [6.07, 6.45) is 0. The van der Waals surface area contributed by atoms with Gasteiger partial charge in [0.25, 0.3) is 5.91 Å². The fourth-order valence-electron chi connectivity index (χ4n) is 3.03. The van der Waals surface area contributed by atoms with Crippen molar-refractivity contribution in [2.45, 2.75) is 6.04 Å². The van der Waals surface area contributed by atoms with Crippen LogP contribution in [0.3, 0.4) is 0 Å². The summed E-state index contributed by atoms with van der Waals surface area (Å²) >= 11 is 0. The average Bonchev–Trinajstić information content (AvgIpc) is 2.93. The highest BCUT2D eigenvalue weighted by molar-refractivity contribution is 5.95. The van der Waals surface area contributed by atoms with Crippen molar-refractivity contribution in [2.24, 2.45) is 0 Å². The van der Waals surface area contributed by atoms with Gasteiger partial charge < -0.3 is 19.7 Å². The number of rotatable bonds is 2. The molecule has 2 fully saturated rings. The van der Waals surface area contributed by atoms with Gasteiger partial charge in [-0.1, -0.05) is 0 Å². The summed E-state index contributed by atoms with van der Waals surface area (Å²) in [6.45, 7) is 5.91. The Balaban J connectivity index is 1.41. The van der Waals surface area contributed by atoms with Crippen molar-refractivity contribution in [3.63, 3.8) is 0 Å². The van der Waals surface area contributed by atoms with Crippen molar-refractivity contribution in [2.75, 3.05) is 46.1 Å². The number of carbonyl (C=O) groups is 1. The number of amides is 1. The second-order valence-electron chi connectivity index (χ2n) is 5.71. The predicted molar refractivity (Wildman–Crippen MR) is 76.7 cm³/mol. The summed E-state index contributed by atoms with van der Waals surface area (Å²) < 4.78 is 10.6. The van der Waals surface area contributed by atoms with Gasteiger partial charge in [-0.2, -0.15) is 0 Å². The van der Waals surface area contributed by atoms with Crippen LogP contribution in [0, 0.1) is 0 Å². The first kappa shape index (κ1) is 12.9. The molecule has 3 heterocycles. The lowest BCUT2D eigenvalue weighted by atomic mass is 10.1. The Kier molecular flexibility index (Phi) is 3.20. The fourth-order valence-corrected chi connectivity index (χ4v) is 3.03. The van der Waals surface area contributed by atoms with Gasteiger partial charge in [0.15, 0.2) is 11.5 Å². The van der Waals surface area contributed by atoms with Gasteiger partial charge in [-0.05, 0) is 18.2 Å². The Morgan fingerprint density at radius 3 is 2.57 bits per heavy atom. The van der Waals surface area contributed by atoms with Crippen LogP contribution in [0.25, 0.3) is 0 Å². The van der Waals surface area contributed by atoms with Crippen LogP contribution in [0.1, 0.15) is 10.4 Å². The number of hydrogen-bond donors (Lipinski definition) is 1. The molecular formula is C15H19N3O3. The number of carbonyl (C=O) groups excluding carboxylic acids is 1. The topological polar surface area (TPSA) is 54.0 Å². The second-order valence-corrected chi connectivity index (χ2v) is 5.71. The predicted octanol–water partition coefficient (Wildman–Crippen LogP) is 0.145. The molecule has 0 radical (unpaired) electrons. The monoisotopic (exact) mass is 289 g/mol. The molecule has 4 rings (SSSR count). The van der Waals surface area contributed by atoms with E-state index in [4.69, 9.17) is 9.47 Å². The maximum Gasteiger partial charge on any atom is 0.254 e. The van der Waals surface area contributed by atoms with E-state index in [0.717, 1.165) is 39.3 Å². The molecule has 3 aliphatic heterocycles. The molecule has 6 nitrogen and oxygen atoms in total. The highest BCUT2D eigenvalue weighted by Gasteiger charge is 2.29. The SMILES string of the molecule is O=C(c1ccc2c(c1)OCO2)N1CCN(C2CNC2)CC1. The summed E-state index contributed by atoms with van der Waals surface area (Å²) in [5.74, 6) is 1.47. The van der Waals surface area contributed by atoms with Gasteiger partial charge in [0.05, 0.1) is 0 Å². The van der Waals surface area contributed by atoms with Crippen LogP contribution in [0.15, 0.2) is 18.2 Å². The third-order valence-electron chi connectivity index (χ3n) is 4.50. The van der Waals surface area contributed by atoms with E-state index in [0.29, 0.717) is 23.1 Å². The molecule has 3 aliphatic rings. The maximum atomic E-state index is 12.6. The molecule has 1 amide bonds. The molecule has 21 heavy (non-hydrogen) atoms. The van der Waals surface area contributed by atoms with E-state index in [1.54, 1.807) is 6.07 Å². The van der Waals surface area contributed by atoms with Crippen LogP contribution >= 0.6 is 0 Å². The zero-order valence-electron chi connectivity index (χ0n) is 11.9. The maximum absolute atomic E-state index is 12.6. The molecule has 0 aromatic heterocycles. The molecule has 1 aromatic rings. The van der Waals surface area contributed by atoms with Crippen LogP contribution in [0.5, 0.6) is 11.5 Å². The standard InChI is InChI=1S/C15H19N3O3/c19-15(11-1-2-13-14(7-11)21-10-20-13)18-5-3-17(4-6-18)12-8-16-9-12/h1-2,7,12,16H,3-6,8-10H2. The van der Waals surface area contributed by atoms with Gasteiger partial charge in [-0.15, -0.1) is 0 Å². The van der Waals surface area contributed by atoms with E-state index in [-0.39, 0.29) is 12.7 Å². The zero-order chi connectivity index (χ0) is 14.2. The fraction of sp³-hybridized carbons (Fsp3) is 0.533. The van der Waals surface area contributed by atoms with E-state index >= 15 is 0 Å². The van der Waals surface area contributed by atoms with E-state index in [9.17, 15) is 4.79 Å². The zero-order valence-corrected chi connectivity index (χ0v) is 11.9. The van der Waals surface area contributed by atoms with Crippen molar-refractivity contribution in [3.05, 3.63) is 23.8 Å². The summed E-state index contributed by atoms with van der Waals surface area (Å²) in [5.41, 5.74) is 0.679. The molecule has 1 N–H and O–H groups in total. The Labute approximate surface area is 123 Å². The number of piperazine rings is 1. The third kappa shape index (κ3) is 2.34. The van der Waals surface area contributed by atoms with Crippen LogP contribution in [-0.2, 0) is 0 Å². The summed E-state index contributed by atoms with van der Waals surface area (Å²) in [7, 11) is 0. The Morgan fingerprint density at radius 1 is 1.10 bits per heavy atom. The largest absolute Gasteiger partial charge is 0.454 e. The molecule has 0 atom stereocenters. The van der Waals surface area contributed by atoms with Crippen LogP contribution < -0.4 is 14.8 Å².